The lowest BCUT2D eigenvalue weighted by atomic mass is 9.97. The van der Waals surface area contributed by atoms with Crippen LogP contribution < -0.4 is 0 Å². The van der Waals surface area contributed by atoms with Crippen LogP contribution >= 0.6 is 0 Å². The van der Waals surface area contributed by atoms with Crippen LogP contribution in [0.3, 0.4) is 0 Å². The highest BCUT2D eigenvalue weighted by molar-refractivity contribution is 6.13. The molecule has 0 aromatic carbocycles. The van der Waals surface area contributed by atoms with Crippen molar-refractivity contribution in [3.8, 4) is 0 Å². The smallest absolute Gasteiger partial charge is 0.434 e. The molecule has 0 spiro atoms. The summed E-state index contributed by atoms with van der Waals surface area (Å²) in [5.74, 6) is -9.29. The molecule has 1 aromatic heterocycles. The summed E-state index contributed by atoms with van der Waals surface area (Å²) < 4.78 is 38.3. The van der Waals surface area contributed by atoms with Crippen LogP contribution in [0.4, 0.5) is 13.2 Å². The third-order valence-corrected chi connectivity index (χ3v) is 2.31. The second-order valence-corrected chi connectivity index (χ2v) is 3.65. The molecule has 0 saturated heterocycles. The van der Waals surface area contributed by atoms with Gasteiger partial charge < -0.3 is 20.4 Å². The van der Waals surface area contributed by atoms with E-state index in [1.165, 1.54) is 0 Å². The summed E-state index contributed by atoms with van der Waals surface area (Å²) in [6.07, 6.45) is -5.51. The molecule has 0 unspecified atom stereocenters. The van der Waals surface area contributed by atoms with E-state index in [-0.39, 0.29) is 0 Å². The minimum atomic E-state index is -5.51. The van der Waals surface area contributed by atoms with Gasteiger partial charge in [0.2, 0.25) is 0 Å². The monoisotopic (exact) mass is 323 g/mol. The summed E-state index contributed by atoms with van der Waals surface area (Å²) >= 11 is 0. The highest BCUT2D eigenvalue weighted by Gasteiger charge is 2.44. The lowest BCUT2D eigenvalue weighted by Crippen LogP contribution is -2.26. The third kappa shape index (κ3) is 2.79. The molecule has 1 heterocycles. The van der Waals surface area contributed by atoms with E-state index in [2.05, 4.69) is 4.98 Å². The second kappa shape index (κ2) is 5.31. The van der Waals surface area contributed by atoms with Crippen LogP contribution in [-0.2, 0) is 6.18 Å². The highest BCUT2D eigenvalue weighted by Crippen LogP contribution is 2.34. The van der Waals surface area contributed by atoms with Gasteiger partial charge in [-0.15, -0.1) is 0 Å². The van der Waals surface area contributed by atoms with Crippen molar-refractivity contribution in [1.82, 2.24) is 4.98 Å². The summed E-state index contributed by atoms with van der Waals surface area (Å²) in [5, 5.41) is 35.1. The van der Waals surface area contributed by atoms with Gasteiger partial charge in [-0.3, -0.25) is 0 Å². The van der Waals surface area contributed by atoms with Gasteiger partial charge in [-0.1, -0.05) is 0 Å². The van der Waals surface area contributed by atoms with Crippen molar-refractivity contribution in [2.75, 3.05) is 0 Å². The fraction of sp³-hybridized carbons (Fsp3) is 0.100. The molecular formula is C10H4F3NO8. The van der Waals surface area contributed by atoms with E-state index in [0.717, 1.165) is 0 Å². The fourth-order valence-electron chi connectivity index (χ4n) is 1.58. The van der Waals surface area contributed by atoms with E-state index >= 15 is 0 Å². The summed E-state index contributed by atoms with van der Waals surface area (Å²) in [5.41, 5.74) is -9.49. The average Bonchev–Trinajstić information content (AvgIpc) is 2.34. The number of rotatable bonds is 4. The first-order chi connectivity index (χ1) is 9.89. The predicted octanol–water partition coefficient (Wildman–Crippen LogP) is 0.893. The molecule has 1 aromatic rings. The summed E-state index contributed by atoms with van der Waals surface area (Å²) in [6, 6.07) is 0. The Morgan fingerprint density at radius 2 is 1.14 bits per heavy atom. The molecule has 0 atom stereocenters. The Morgan fingerprint density at radius 3 is 1.41 bits per heavy atom. The van der Waals surface area contributed by atoms with Crippen molar-refractivity contribution in [2.45, 2.75) is 6.18 Å². The van der Waals surface area contributed by atoms with E-state index in [0.29, 0.717) is 0 Å². The number of nitrogens with zero attached hydrogens (tertiary/aromatic N) is 1. The Balaban J connectivity index is 4.17. The van der Waals surface area contributed by atoms with Crippen LogP contribution in [0.15, 0.2) is 0 Å². The van der Waals surface area contributed by atoms with Gasteiger partial charge in [-0.25, -0.2) is 24.2 Å². The van der Waals surface area contributed by atoms with Gasteiger partial charge in [-0.2, -0.15) is 13.2 Å². The minimum absolute atomic E-state index is 1.66. The van der Waals surface area contributed by atoms with Crippen molar-refractivity contribution in [3.63, 3.8) is 0 Å². The first-order valence-electron chi connectivity index (χ1n) is 4.98. The number of hydrogen-bond acceptors (Lipinski definition) is 5. The maximum Gasteiger partial charge on any atom is 0.434 e. The molecule has 0 amide bonds. The molecule has 0 saturated carbocycles. The van der Waals surface area contributed by atoms with E-state index in [1.807, 2.05) is 0 Å². The SMILES string of the molecule is O=C(O)c1nc(C(F)(F)F)c(C(=O)O)c(C(=O)O)c1C(=O)O. The molecule has 9 nitrogen and oxygen atoms in total. The second-order valence-electron chi connectivity index (χ2n) is 3.65. The number of pyridine rings is 1. The Bertz CT molecular complexity index is 709. The highest BCUT2D eigenvalue weighted by atomic mass is 19.4. The number of carbonyl (C=O) groups is 4. The van der Waals surface area contributed by atoms with Crippen molar-refractivity contribution in [2.24, 2.45) is 0 Å². The van der Waals surface area contributed by atoms with Gasteiger partial charge in [0.1, 0.15) is 11.1 Å². The van der Waals surface area contributed by atoms with Crippen LogP contribution in [0, 0.1) is 0 Å². The van der Waals surface area contributed by atoms with Gasteiger partial charge in [0, 0.05) is 0 Å². The Kier molecular flexibility index (Phi) is 4.07. The van der Waals surface area contributed by atoms with Crippen LogP contribution in [0.5, 0.6) is 0 Å². The number of aromatic carboxylic acids is 4. The largest absolute Gasteiger partial charge is 0.478 e. The zero-order valence-corrected chi connectivity index (χ0v) is 10.0. The topological polar surface area (TPSA) is 162 Å². The zero-order valence-electron chi connectivity index (χ0n) is 10.0. The zero-order chi connectivity index (χ0) is 17.4. The molecule has 118 valence electrons. The minimum Gasteiger partial charge on any atom is -0.478 e. The van der Waals surface area contributed by atoms with Gasteiger partial charge in [0.25, 0.3) is 0 Å². The Hall–Kier alpha value is -3.18. The quantitative estimate of drug-likeness (QED) is 0.630. The summed E-state index contributed by atoms with van der Waals surface area (Å²) in [4.78, 5) is 46.2. The molecule has 0 aliphatic carbocycles. The molecule has 0 aliphatic rings. The number of hydrogen-bond donors (Lipinski definition) is 4. The first kappa shape index (κ1) is 16.9. The number of carboxylic acid groups (broad SMARTS) is 4. The van der Waals surface area contributed by atoms with E-state index in [1.54, 1.807) is 0 Å². The van der Waals surface area contributed by atoms with Crippen LogP contribution in [0.1, 0.15) is 47.3 Å². The van der Waals surface area contributed by atoms with E-state index in [9.17, 15) is 32.3 Å². The maximum atomic E-state index is 12.8. The van der Waals surface area contributed by atoms with E-state index < -0.39 is 58.1 Å². The molecule has 22 heavy (non-hydrogen) atoms. The molecule has 1 rings (SSSR count). The molecule has 0 radical (unpaired) electrons. The third-order valence-electron chi connectivity index (χ3n) is 2.31. The normalized spacial score (nSPS) is 11.0. The van der Waals surface area contributed by atoms with Crippen LogP contribution in [0.25, 0.3) is 0 Å². The van der Waals surface area contributed by atoms with Crippen molar-refractivity contribution < 1.29 is 52.8 Å². The van der Waals surface area contributed by atoms with Gasteiger partial charge >= 0.3 is 30.1 Å². The molecule has 12 heteroatoms. The molecule has 0 bridgehead atoms. The summed E-state index contributed by atoms with van der Waals surface area (Å²) in [7, 11) is 0. The molecular weight excluding hydrogens is 319 g/mol. The van der Waals surface area contributed by atoms with Crippen molar-refractivity contribution in [3.05, 3.63) is 28.1 Å². The fourth-order valence-corrected chi connectivity index (χ4v) is 1.58. The van der Waals surface area contributed by atoms with Crippen LogP contribution in [-0.4, -0.2) is 49.3 Å². The lowest BCUT2D eigenvalue weighted by Gasteiger charge is -2.15. The van der Waals surface area contributed by atoms with Crippen LogP contribution in [0.2, 0.25) is 0 Å². The van der Waals surface area contributed by atoms with Gasteiger partial charge in [0.05, 0.1) is 5.56 Å². The van der Waals surface area contributed by atoms with Crippen molar-refractivity contribution >= 4 is 23.9 Å². The average molecular weight is 323 g/mol. The first-order valence-corrected chi connectivity index (χ1v) is 4.98. The molecule has 0 aliphatic heterocycles. The lowest BCUT2D eigenvalue weighted by molar-refractivity contribution is -0.141. The standard InChI is InChI=1S/C10H4F3NO8/c11-10(12,13)5-3(8(19)20)1(6(15)16)2(7(17)18)4(14-5)9(21)22/h(H,15,16)(H,17,18)(H,19,20)(H,21,22). The van der Waals surface area contributed by atoms with Gasteiger partial charge in [-0.05, 0) is 0 Å². The predicted molar refractivity (Wildman–Crippen MR) is 57.1 cm³/mol. The number of alkyl halides is 3. The molecule has 0 fully saturated rings. The maximum absolute atomic E-state index is 12.8. The summed E-state index contributed by atoms with van der Waals surface area (Å²) in [6.45, 7) is 0. The van der Waals surface area contributed by atoms with Crippen molar-refractivity contribution in [1.29, 1.82) is 0 Å². The Labute approximate surface area is 117 Å². The number of halogens is 3. The van der Waals surface area contributed by atoms with E-state index in [4.69, 9.17) is 20.4 Å². The van der Waals surface area contributed by atoms with Gasteiger partial charge in [0.15, 0.2) is 11.4 Å². The number of carboxylic acids is 4. The number of aromatic nitrogens is 1. The Morgan fingerprint density at radius 1 is 0.727 bits per heavy atom. The molecule has 4 N–H and O–H groups in total.